The van der Waals surface area contributed by atoms with Crippen LogP contribution in [0.3, 0.4) is 0 Å². The molecule has 2 heterocycles. The Kier molecular flexibility index (Phi) is 3.78. The fraction of sp³-hybridized carbons (Fsp3) is 0.429. The van der Waals surface area contributed by atoms with E-state index in [1.165, 1.54) is 0 Å². The number of anilines is 2. The summed E-state index contributed by atoms with van der Waals surface area (Å²) in [5.74, 6) is 0.571. The average molecular weight is 312 g/mol. The van der Waals surface area contributed by atoms with E-state index >= 15 is 0 Å². The Bertz CT molecular complexity index is 677. The maximum atomic E-state index is 12.5. The predicted molar refractivity (Wildman–Crippen MR) is 76.4 cm³/mol. The highest BCUT2D eigenvalue weighted by molar-refractivity contribution is 5.79. The van der Waals surface area contributed by atoms with Crippen LogP contribution in [0.25, 0.3) is 11.0 Å². The van der Waals surface area contributed by atoms with E-state index < -0.39 is 18.4 Å². The molecule has 1 aliphatic rings. The maximum Gasteiger partial charge on any atom is 0.414 e. The fourth-order valence-corrected chi connectivity index (χ4v) is 2.45. The van der Waals surface area contributed by atoms with Crippen LogP contribution in [0.1, 0.15) is 12.8 Å². The Morgan fingerprint density at radius 1 is 1.18 bits per heavy atom. The minimum absolute atomic E-state index is 0.0191. The van der Waals surface area contributed by atoms with Crippen LogP contribution in [0.15, 0.2) is 24.3 Å². The van der Waals surface area contributed by atoms with Gasteiger partial charge in [0.15, 0.2) is 17.7 Å². The first-order chi connectivity index (χ1) is 10.4. The molecule has 5 nitrogen and oxygen atoms in total. The van der Waals surface area contributed by atoms with Gasteiger partial charge >= 0.3 is 6.18 Å². The number of benzene rings is 1. The highest BCUT2D eigenvalue weighted by atomic mass is 19.4. The monoisotopic (exact) mass is 312 g/mol. The summed E-state index contributed by atoms with van der Waals surface area (Å²) in [6, 6.07) is 7.23. The Balaban J connectivity index is 1.66. The summed E-state index contributed by atoms with van der Waals surface area (Å²) < 4.78 is 42.6. The number of nitrogens with one attached hydrogen (secondary N) is 1. The van der Waals surface area contributed by atoms with Crippen molar-refractivity contribution in [2.45, 2.75) is 31.2 Å². The molecule has 0 amide bonds. The molecule has 0 saturated carbocycles. The van der Waals surface area contributed by atoms with E-state index in [0.717, 1.165) is 0 Å². The van der Waals surface area contributed by atoms with Crippen molar-refractivity contribution in [1.29, 1.82) is 0 Å². The second-order valence-corrected chi connectivity index (χ2v) is 5.19. The van der Waals surface area contributed by atoms with Gasteiger partial charge in [0.05, 0.1) is 17.1 Å². The minimum atomic E-state index is -4.31. The highest BCUT2D eigenvalue weighted by Crippen LogP contribution is 2.33. The zero-order valence-corrected chi connectivity index (χ0v) is 11.6. The number of hydrogen-bond donors (Lipinski definition) is 2. The van der Waals surface area contributed by atoms with Crippen LogP contribution < -0.4 is 11.1 Å². The number of fused-ring (bicyclic) bond motifs is 1. The van der Waals surface area contributed by atoms with Gasteiger partial charge in [-0.05, 0) is 25.0 Å². The molecule has 1 aliphatic heterocycles. The van der Waals surface area contributed by atoms with Gasteiger partial charge in [-0.15, -0.1) is 0 Å². The first-order valence-electron chi connectivity index (χ1n) is 6.92. The highest BCUT2D eigenvalue weighted by Gasteiger charge is 2.45. The largest absolute Gasteiger partial charge is 0.414 e. The molecule has 0 bridgehead atoms. The molecular weight excluding hydrogens is 297 g/mol. The lowest BCUT2D eigenvalue weighted by atomic mass is 10.2. The molecule has 1 aromatic carbocycles. The lowest BCUT2D eigenvalue weighted by molar-refractivity contribution is -0.213. The van der Waals surface area contributed by atoms with Crippen molar-refractivity contribution in [3.05, 3.63) is 24.3 Å². The summed E-state index contributed by atoms with van der Waals surface area (Å²) in [6.07, 6.45) is -6.18. The molecular formula is C14H15F3N4O. The third kappa shape index (κ3) is 3.06. The van der Waals surface area contributed by atoms with E-state index in [-0.39, 0.29) is 18.8 Å². The normalized spacial score (nSPS) is 22.1. The van der Waals surface area contributed by atoms with E-state index in [1.807, 2.05) is 12.1 Å². The van der Waals surface area contributed by atoms with Gasteiger partial charge in [-0.2, -0.15) is 13.2 Å². The Morgan fingerprint density at radius 3 is 2.50 bits per heavy atom. The van der Waals surface area contributed by atoms with Crippen molar-refractivity contribution in [2.24, 2.45) is 0 Å². The zero-order valence-electron chi connectivity index (χ0n) is 11.6. The van der Waals surface area contributed by atoms with Gasteiger partial charge in [-0.1, -0.05) is 12.1 Å². The van der Waals surface area contributed by atoms with Crippen molar-refractivity contribution in [3.8, 4) is 0 Å². The van der Waals surface area contributed by atoms with Gasteiger partial charge in [-0.25, -0.2) is 9.97 Å². The second kappa shape index (κ2) is 5.60. The van der Waals surface area contributed by atoms with Gasteiger partial charge in [0.25, 0.3) is 0 Å². The number of rotatable bonds is 3. The van der Waals surface area contributed by atoms with E-state index in [2.05, 4.69) is 15.3 Å². The third-order valence-electron chi connectivity index (χ3n) is 3.57. The van der Waals surface area contributed by atoms with Crippen molar-refractivity contribution in [2.75, 3.05) is 17.6 Å². The number of hydrogen-bond acceptors (Lipinski definition) is 5. The lowest BCUT2D eigenvalue weighted by Crippen LogP contribution is -2.30. The molecule has 118 valence electrons. The van der Waals surface area contributed by atoms with E-state index in [0.29, 0.717) is 23.3 Å². The lowest BCUT2D eigenvalue weighted by Gasteiger charge is -2.17. The summed E-state index contributed by atoms with van der Waals surface area (Å²) in [6.45, 7) is 0.212. The smallest absolute Gasteiger partial charge is 0.381 e. The molecule has 2 aromatic rings. The average Bonchev–Trinajstić information content (AvgIpc) is 2.94. The van der Waals surface area contributed by atoms with Gasteiger partial charge < -0.3 is 15.8 Å². The van der Waals surface area contributed by atoms with Crippen molar-refractivity contribution < 1.29 is 17.9 Å². The third-order valence-corrected chi connectivity index (χ3v) is 3.57. The number of ether oxygens (including phenoxy) is 1. The number of halogens is 3. The topological polar surface area (TPSA) is 73.1 Å². The first-order valence-corrected chi connectivity index (χ1v) is 6.92. The van der Waals surface area contributed by atoms with Crippen LogP contribution in [0.4, 0.5) is 24.8 Å². The Morgan fingerprint density at radius 2 is 1.86 bits per heavy atom. The van der Waals surface area contributed by atoms with Crippen molar-refractivity contribution in [3.63, 3.8) is 0 Å². The number of nitrogens with zero attached hydrogens (tertiary/aromatic N) is 2. The van der Waals surface area contributed by atoms with Crippen molar-refractivity contribution in [1.82, 2.24) is 9.97 Å². The molecule has 1 fully saturated rings. The molecule has 22 heavy (non-hydrogen) atoms. The standard InChI is InChI=1S/C14H15F3N4O/c15-14(16,17)11-6-5-8(22-11)7-19-13-12(18)20-9-3-1-2-4-10(9)21-13/h1-4,8,11H,5-7H2,(H2,18,20)(H,19,21). The molecule has 8 heteroatoms. The van der Waals surface area contributed by atoms with Crippen LogP contribution >= 0.6 is 0 Å². The quantitative estimate of drug-likeness (QED) is 0.911. The molecule has 1 saturated heterocycles. The predicted octanol–water partition coefficient (Wildman–Crippen LogP) is 2.73. The van der Waals surface area contributed by atoms with E-state index in [4.69, 9.17) is 10.5 Å². The number of nitrogen functional groups attached to an aromatic ring is 1. The summed E-state index contributed by atoms with van der Waals surface area (Å²) >= 11 is 0. The van der Waals surface area contributed by atoms with Crippen LogP contribution in [-0.2, 0) is 4.74 Å². The van der Waals surface area contributed by atoms with Crippen LogP contribution in [0.2, 0.25) is 0 Å². The molecule has 2 unspecified atom stereocenters. The van der Waals surface area contributed by atoms with Gasteiger partial charge in [-0.3, -0.25) is 0 Å². The molecule has 0 spiro atoms. The molecule has 0 aliphatic carbocycles. The second-order valence-electron chi connectivity index (χ2n) is 5.19. The van der Waals surface area contributed by atoms with Crippen molar-refractivity contribution >= 4 is 22.7 Å². The Labute approximate surface area is 124 Å². The first kappa shape index (κ1) is 14.8. The molecule has 0 radical (unpaired) electrons. The number of aromatic nitrogens is 2. The maximum absolute atomic E-state index is 12.5. The summed E-state index contributed by atoms with van der Waals surface area (Å²) in [5.41, 5.74) is 7.14. The number of nitrogens with two attached hydrogens (primary N) is 1. The molecule has 2 atom stereocenters. The van der Waals surface area contributed by atoms with E-state index in [1.54, 1.807) is 12.1 Å². The number of alkyl halides is 3. The molecule has 3 rings (SSSR count). The Hall–Kier alpha value is -2.09. The van der Waals surface area contributed by atoms with Gasteiger partial charge in [0.1, 0.15) is 0 Å². The summed E-state index contributed by atoms with van der Waals surface area (Å²) in [4.78, 5) is 8.53. The summed E-state index contributed by atoms with van der Waals surface area (Å²) in [7, 11) is 0. The molecule has 3 N–H and O–H groups in total. The zero-order chi connectivity index (χ0) is 15.7. The van der Waals surface area contributed by atoms with Crippen LogP contribution in [-0.4, -0.2) is 34.9 Å². The van der Waals surface area contributed by atoms with E-state index in [9.17, 15) is 13.2 Å². The SMILES string of the molecule is Nc1nc2ccccc2nc1NCC1CCC(C(F)(F)F)O1. The molecule has 1 aromatic heterocycles. The summed E-state index contributed by atoms with van der Waals surface area (Å²) in [5, 5.41) is 2.93. The van der Waals surface area contributed by atoms with Crippen LogP contribution in [0, 0.1) is 0 Å². The number of para-hydroxylation sites is 2. The van der Waals surface area contributed by atoms with Crippen LogP contribution in [0.5, 0.6) is 0 Å². The van der Waals surface area contributed by atoms with Gasteiger partial charge in [0, 0.05) is 6.54 Å². The van der Waals surface area contributed by atoms with Gasteiger partial charge in [0.2, 0.25) is 0 Å². The fourth-order valence-electron chi connectivity index (χ4n) is 2.45. The minimum Gasteiger partial charge on any atom is -0.381 e.